The van der Waals surface area contributed by atoms with Crippen LogP contribution >= 0.6 is 22.9 Å². The Kier molecular flexibility index (Phi) is 3.36. The van der Waals surface area contributed by atoms with Crippen LogP contribution in [0.25, 0.3) is 0 Å². The summed E-state index contributed by atoms with van der Waals surface area (Å²) >= 11 is 7.48. The second kappa shape index (κ2) is 4.76. The third kappa shape index (κ3) is 2.68. The van der Waals surface area contributed by atoms with Crippen molar-refractivity contribution in [1.82, 2.24) is 0 Å². The molecule has 2 N–H and O–H groups in total. The number of nitrogens with zero attached hydrogens (tertiary/aromatic N) is 1. The van der Waals surface area contributed by atoms with Crippen molar-refractivity contribution in [3.8, 4) is 0 Å². The van der Waals surface area contributed by atoms with Gasteiger partial charge in [0.15, 0.2) is 0 Å². The lowest BCUT2D eigenvalue weighted by molar-refractivity contribution is 0.935. The Labute approximate surface area is 104 Å². The SMILES string of the molecule is CN(Cc1cccc(N)c1)c1ccc(Cl)s1. The highest BCUT2D eigenvalue weighted by Gasteiger charge is 2.05. The maximum atomic E-state index is 5.90. The van der Waals surface area contributed by atoms with Gasteiger partial charge in [0.05, 0.1) is 9.34 Å². The summed E-state index contributed by atoms with van der Waals surface area (Å²) < 4.78 is 0.814. The maximum Gasteiger partial charge on any atom is 0.0950 e. The monoisotopic (exact) mass is 252 g/mol. The fraction of sp³-hybridized carbons (Fsp3) is 0.167. The molecule has 0 bridgehead atoms. The van der Waals surface area contributed by atoms with Crippen LogP contribution in [0, 0.1) is 0 Å². The number of benzene rings is 1. The molecule has 4 heteroatoms. The van der Waals surface area contributed by atoms with Crippen molar-refractivity contribution >= 4 is 33.6 Å². The quantitative estimate of drug-likeness (QED) is 0.846. The summed E-state index contributed by atoms with van der Waals surface area (Å²) in [6.45, 7) is 0.835. The molecule has 1 aromatic carbocycles. The minimum absolute atomic E-state index is 0.801. The van der Waals surface area contributed by atoms with Gasteiger partial charge in [0, 0.05) is 19.3 Å². The van der Waals surface area contributed by atoms with E-state index in [1.165, 1.54) is 5.56 Å². The van der Waals surface area contributed by atoms with Crippen LogP contribution in [-0.2, 0) is 6.54 Å². The predicted molar refractivity (Wildman–Crippen MR) is 72.3 cm³/mol. The van der Waals surface area contributed by atoms with Crippen LogP contribution in [0.1, 0.15) is 5.56 Å². The van der Waals surface area contributed by atoms with Crippen LogP contribution in [0.3, 0.4) is 0 Å². The number of anilines is 2. The van der Waals surface area contributed by atoms with Gasteiger partial charge in [-0.3, -0.25) is 0 Å². The molecule has 84 valence electrons. The molecule has 0 radical (unpaired) electrons. The molecule has 0 aliphatic heterocycles. The van der Waals surface area contributed by atoms with Crippen molar-refractivity contribution < 1.29 is 0 Å². The van der Waals surface area contributed by atoms with E-state index in [1.54, 1.807) is 11.3 Å². The molecule has 2 aromatic rings. The van der Waals surface area contributed by atoms with Gasteiger partial charge in [0.1, 0.15) is 0 Å². The Morgan fingerprint density at radius 2 is 2.12 bits per heavy atom. The van der Waals surface area contributed by atoms with E-state index in [0.717, 1.165) is 21.6 Å². The van der Waals surface area contributed by atoms with Gasteiger partial charge in [-0.05, 0) is 29.8 Å². The molecule has 0 fully saturated rings. The molecule has 2 rings (SSSR count). The Balaban J connectivity index is 2.10. The molecule has 0 amide bonds. The van der Waals surface area contributed by atoms with E-state index >= 15 is 0 Å². The minimum atomic E-state index is 0.801. The Hall–Kier alpha value is -1.19. The molecule has 0 saturated carbocycles. The van der Waals surface area contributed by atoms with E-state index in [0.29, 0.717) is 0 Å². The topological polar surface area (TPSA) is 29.3 Å². The zero-order chi connectivity index (χ0) is 11.5. The number of nitrogen functional groups attached to an aromatic ring is 1. The highest BCUT2D eigenvalue weighted by Crippen LogP contribution is 2.29. The number of nitrogens with two attached hydrogens (primary N) is 1. The summed E-state index contributed by atoms with van der Waals surface area (Å²) in [7, 11) is 2.05. The van der Waals surface area contributed by atoms with Gasteiger partial charge < -0.3 is 10.6 Å². The highest BCUT2D eigenvalue weighted by molar-refractivity contribution is 7.19. The molecule has 0 atom stereocenters. The van der Waals surface area contributed by atoms with Gasteiger partial charge in [0.2, 0.25) is 0 Å². The standard InChI is InChI=1S/C12H13ClN2S/c1-15(12-6-5-11(13)16-12)8-9-3-2-4-10(14)7-9/h2-7H,8,14H2,1H3. The van der Waals surface area contributed by atoms with Gasteiger partial charge in [-0.25, -0.2) is 0 Å². The summed E-state index contributed by atoms with van der Waals surface area (Å²) in [4.78, 5) is 2.16. The second-order valence-electron chi connectivity index (χ2n) is 3.68. The van der Waals surface area contributed by atoms with Crippen molar-refractivity contribution in [2.24, 2.45) is 0 Å². The van der Waals surface area contributed by atoms with Crippen molar-refractivity contribution in [2.75, 3.05) is 17.7 Å². The summed E-state index contributed by atoms with van der Waals surface area (Å²) in [5.74, 6) is 0. The second-order valence-corrected chi connectivity index (χ2v) is 5.37. The molecule has 1 aromatic heterocycles. The zero-order valence-corrected chi connectivity index (χ0v) is 10.6. The van der Waals surface area contributed by atoms with E-state index < -0.39 is 0 Å². The summed E-state index contributed by atoms with van der Waals surface area (Å²) in [5.41, 5.74) is 7.74. The Morgan fingerprint density at radius 3 is 2.75 bits per heavy atom. The molecule has 2 nitrogen and oxygen atoms in total. The van der Waals surface area contributed by atoms with Gasteiger partial charge in [-0.15, -0.1) is 11.3 Å². The molecule has 0 spiro atoms. The molecule has 0 aliphatic rings. The van der Waals surface area contributed by atoms with Gasteiger partial charge in [-0.2, -0.15) is 0 Å². The molecule has 0 aliphatic carbocycles. The van der Waals surface area contributed by atoms with Crippen molar-refractivity contribution in [3.05, 3.63) is 46.3 Å². The smallest absolute Gasteiger partial charge is 0.0950 e. The van der Waals surface area contributed by atoms with Crippen LogP contribution in [0.4, 0.5) is 10.7 Å². The molecule has 0 saturated heterocycles. The lowest BCUT2D eigenvalue weighted by Crippen LogP contribution is -2.14. The predicted octanol–water partition coefficient (Wildman–Crippen LogP) is 3.62. The first-order valence-corrected chi connectivity index (χ1v) is 6.15. The lowest BCUT2D eigenvalue weighted by Gasteiger charge is -2.17. The molecule has 0 unspecified atom stereocenters. The van der Waals surface area contributed by atoms with E-state index in [-0.39, 0.29) is 0 Å². The Morgan fingerprint density at radius 1 is 1.31 bits per heavy atom. The van der Waals surface area contributed by atoms with E-state index in [9.17, 15) is 0 Å². The summed E-state index contributed by atoms with van der Waals surface area (Å²) in [6, 6.07) is 11.9. The number of thiophene rings is 1. The third-order valence-corrected chi connectivity index (χ3v) is 3.65. The molecular formula is C12H13ClN2S. The summed E-state index contributed by atoms with van der Waals surface area (Å²) in [5, 5.41) is 1.16. The first kappa shape index (κ1) is 11.3. The summed E-state index contributed by atoms with van der Waals surface area (Å²) in [6.07, 6.45) is 0. The van der Waals surface area contributed by atoms with Crippen LogP contribution in [0.5, 0.6) is 0 Å². The van der Waals surface area contributed by atoms with Gasteiger partial charge in [-0.1, -0.05) is 23.7 Å². The number of rotatable bonds is 3. The number of hydrogen-bond donors (Lipinski definition) is 1. The average molecular weight is 253 g/mol. The largest absolute Gasteiger partial charge is 0.399 e. The molecule has 1 heterocycles. The van der Waals surface area contributed by atoms with Crippen molar-refractivity contribution in [2.45, 2.75) is 6.54 Å². The fourth-order valence-electron chi connectivity index (χ4n) is 1.55. The minimum Gasteiger partial charge on any atom is -0.399 e. The average Bonchev–Trinajstić information content (AvgIpc) is 2.65. The normalized spacial score (nSPS) is 10.4. The van der Waals surface area contributed by atoms with Crippen molar-refractivity contribution in [1.29, 1.82) is 0 Å². The molecule has 16 heavy (non-hydrogen) atoms. The number of hydrogen-bond acceptors (Lipinski definition) is 3. The van der Waals surface area contributed by atoms with Crippen LogP contribution in [0.2, 0.25) is 4.34 Å². The lowest BCUT2D eigenvalue weighted by atomic mass is 10.2. The Bertz CT molecular complexity index is 481. The van der Waals surface area contributed by atoms with Gasteiger partial charge >= 0.3 is 0 Å². The highest BCUT2D eigenvalue weighted by atomic mass is 35.5. The van der Waals surface area contributed by atoms with Gasteiger partial charge in [0.25, 0.3) is 0 Å². The van der Waals surface area contributed by atoms with E-state index in [4.69, 9.17) is 17.3 Å². The van der Waals surface area contributed by atoms with Crippen LogP contribution in [-0.4, -0.2) is 7.05 Å². The first-order chi connectivity index (χ1) is 7.65. The van der Waals surface area contributed by atoms with E-state index in [1.807, 2.05) is 37.4 Å². The van der Waals surface area contributed by atoms with Crippen LogP contribution in [0.15, 0.2) is 36.4 Å². The first-order valence-electron chi connectivity index (χ1n) is 4.96. The maximum absolute atomic E-state index is 5.90. The zero-order valence-electron chi connectivity index (χ0n) is 8.98. The molecular weight excluding hydrogens is 240 g/mol. The fourth-order valence-corrected chi connectivity index (χ4v) is 2.55. The van der Waals surface area contributed by atoms with Crippen molar-refractivity contribution in [3.63, 3.8) is 0 Å². The van der Waals surface area contributed by atoms with Crippen LogP contribution < -0.4 is 10.6 Å². The number of halogens is 1. The third-order valence-electron chi connectivity index (χ3n) is 2.31. The van der Waals surface area contributed by atoms with E-state index in [2.05, 4.69) is 11.0 Å².